The van der Waals surface area contributed by atoms with E-state index in [-0.39, 0.29) is 24.8 Å². The number of amides is 2. The molecule has 0 saturated carbocycles. The number of allylic oxidation sites excluding steroid dienone is 1. The van der Waals surface area contributed by atoms with Crippen molar-refractivity contribution >= 4 is 29.4 Å². The molecule has 1 atom stereocenters. The largest absolute Gasteiger partial charge is 0.463 e. The van der Waals surface area contributed by atoms with E-state index in [1.807, 2.05) is 24.3 Å². The topological polar surface area (TPSA) is 75.7 Å². The highest BCUT2D eigenvalue weighted by atomic mass is 35.5. The van der Waals surface area contributed by atoms with E-state index in [1.54, 1.807) is 43.0 Å². The molecule has 7 heteroatoms. The van der Waals surface area contributed by atoms with Crippen molar-refractivity contribution in [3.8, 4) is 0 Å². The number of nitrogens with zero attached hydrogens (tertiary/aromatic N) is 1. The summed E-state index contributed by atoms with van der Waals surface area (Å²) in [7, 11) is 0. The van der Waals surface area contributed by atoms with E-state index in [4.69, 9.17) is 16.3 Å². The van der Waals surface area contributed by atoms with Gasteiger partial charge in [0, 0.05) is 35.2 Å². The lowest BCUT2D eigenvalue weighted by Gasteiger charge is -2.34. The highest BCUT2D eigenvalue weighted by molar-refractivity contribution is 6.30. The van der Waals surface area contributed by atoms with Crippen molar-refractivity contribution in [2.24, 2.45) is 0 Å². The molecular formula is C27H31ClN2O4. The van der Waals surface area contributed by atoms with Crippen molar-refractivity contribution in [1.29, 1.82) is 0 Å². The standard InChI is InChI=1S/C27H31ClN2O4/c1-4-6-15-29-26(32)21-9-7-19(8-10-21)17-30-18(3)25(27(33)34-5-2)23(16-24(30)31)20-11-13-22(28)14-12-20/h7-14,23H,4-6,15-17H2,1-3H3,(H,29,32). The van der Waals surface area contributed by atoms with Crippen molar-refractivity contribution in [3.05, 3.63) is 81.5 Å². The van der Waals surface area contributed by atoms with Crippen LogP contribution >= 0.6 is 11.6 Å². The normalized spacial score (nSPS) is 15.9. The first-order valence-electron chi connectivity index (χ1n) is 11.7. The number of carbonyl (C=O) groups excluding carboxylic acids is 3. The monoisotopic (exact) mass is 482 g/mol. The molecule has 180 valence electrons. The third-order valence-electron chi connectivity index (χ3n) is 5.96. The van der Waals surface area contributed by atoms with E-state index in [2.05, 4.69) is 12.2 Å². The fraction of sp³-hybridized carbons (Fsp3) is 0.370. The zero-order valence-electron chi connectivity index (χ0n) is 19.9. The minimum absolute atomic E-state index is 0.0770. The molecule has 1 unspecified atom stereocenters. The molecule has 0 aliphatic carbocycles. The Morgan fingerprint density at radius 2 is 1.76 bits per heavy atom. The van der Waals surface area contributed by atoms with Crippen LogP contribution in [-0.4, -0.2) is 35.8 Å². The summed E-state index contributed by atoms with van der Waals surface area (Å²) < 4.78 is 5.34. The summed E-state index contributed by atoms with van der Waals surface area (Å²) in [5, 5.41) is 3.49. The van der Waals surface area contributed by atoms with Gasteiger partial charge < -0.3 is 15.0 Å². The molecule has 1 aliphatic rings. The first-order valence-corrected chi connectivity index (χ1v) is 12.0. The van der Waals surface area contributed by atoms with Gasteiger partial charge in [0.25, 0.3) is 5.91 Å². The number of rotatable bonds is 9. The zero-order chi connectivity index (χ0) is 24.7. The van der Waals surface area contributed by atoms with Crippen molar-refractivity contribution in [1.82, 2.24) is 10.2 Å². The molecule has 1 heterocycles. The second-order valence-corrected chi connectivity index (χ2v) is 8.75. The van der Waals surface area contributed by atoms with Gasteiger partial charge in [0.15, 0.2) is 0 Å². The number of hydrogen-bond acceptors (Lipinski definition) is 4. The fourth-order valence-corrected chi connectivity index (χ4v) is 4.21. The van der Waals surface area contributed by atoms with Gasteiger partial charge in [-0.25, -0.2) is 4.79 Å². The molecule has 3 rings (SSSR count). The number of unbranched alkanes of at least 4 members (excludes halogenated alkanes) is 1. The first-order chi connectivity index (χ1) is 16.3. The maximum absolute atomic E-state index is 13.2. The van der Waals surface area contributed by atoms with Crippen LogP contribution in [0.2, 0.25) is 5.02 Å². The van der Waals surface area contributed by atoms with Crippen molar-refractivity contribution in [2.75, 3.05) is 13.2 Å². The summed E-state index contributed by atoms with van der Waals surface area (Å²) in [5.74, 6) is -1.00. The average Bonchev–Trinajstić information content (AvgIpc) is 2.82. The minimum atomic E-state index is -0.420. The van der Waals surface area contributed by atoms with Gasteiger partial charge in [-0.05, 0) is 55.7 Å². The molecule has 0 spiro atoms. The number of halogens is 1. The highest BCUT2D eigenvalue weighted by Crippen LogP contribution is 2.38. The quantitative estimate of drug-likeness (QED) is 0.392. The van der Waals surface area contributed by atoms with Gasteiger partial charge in [0.1, 0.15) is 0 Å². The van der Waals surface area contributed by atoms with E-state index in [0.717, 1.165) is 24.0 Å². The van der Waals surface area contributed by atoms with Crippen molar-refractivity contribution < 1.29 is 19.1 Å². The van der Waals surface area contributed by atoms with Gasteiger partial charge in [0.2, 0.25) is 5.91 Å². The Kier molecular flexibility index (Phi) is 8.88. The Balaban J connectivity index is 1.85. The molecule has 0 radical (unpaired) electrons. The van der Waals surface area contributed by atoms with Gasteiger partial charge in [0.05, 0.1) is 18.7 Å². The third kappa shape index (κ3) is 6.06. The molecule has 2 aromatic carbocycles. The molecule has 1 aliphatic heterocycles. The predicted octanol–water partition coefficient (Wildman–Crippen LogP) is 5.22. The summed E-state index contributed by atoms with van der Waals surface area (Å²) in [6, 6.07) is 14.4. The molecule has 6 nitrogen and oxygen atoms in total. The summed E-state index contributed by atoms with van der Waals surface area (Å²) >= 11 is 6.03. The van der Waals surface area contributed by atoms with Crippen molar-refractivity contribution in [3.63, 3.8) is 0 Å². The van der Waals surface area contributed by atoms with Crippen LogP contribution in [-0.2, 0) is 20.9 Å². The van der Waals surface area contributed by atoms with Gasteiger partial charge in [-0.2, -0.15) is 0 Å². The van der Waals surface area contributed by atoms with Crippen LogP contribution < -0.4 is 5.32 Å². The number of hydrogen-bond donors (Lipinski definition) is 1. The average molecular weight is 483 g/mol. The van der Waals surface area contributed by atoms with E-state index in [1.165, 1.54) is 0 Å². The highest BCUT2D eigenvalue weighted by Gasteiger charge is 2.36. The Bertz CT molecular complexity index is 1060. The molecule has 0 aromatic heterocycles. The summed E-state index contributed by atoms with van der Waals surface area (Å²) in [4.78, 5) is 39.9. The van der Waals surface area contributed by atoms with Crippen molar-refractivity contribution in [2.45, 2.75) is 52.5 Å². The van der Waals surface area contributed by atoms with Gasteiger partial charge in [-0.15, -0.1) is 0 Å². The Hall–Kier alpha value is -3.12. The molecule has 2 aromatic rings. The van der Waals surface area contributed by atoms with Crippen LogP contribution in [0.4, 0.5) is 0 Å². The lowest BCUT2D eigenvalue weighted by molar-refractivity contribution is -0.140. The predicted molar refractivity (Wildman–Crippen MR) is 132 cm³/mol. The van der Waals surface area contributed by atoms with Crippen LogP contribution in [0, 0.1) is 0 Å². The number of nitrogens with one attached hydrogen (secondary N) is 1. The minimum Gasteiger partial charge on any atom is -0.463 e. The summed E-state index contributed by atoms with van der Waals surface area (Å²) in [6.07, 6.45) is 2.11. The number of esters is 1. The fourth-order valence-electron chi connectivity index (χ4n) is 4.08. The maximum atomic E-state index is 13.2. The first kappa shape index (κ1) is 25.5. The SMILES string of the molecule is CCCCNC(=O)c1ccc(CN2C(=O)CC(c3ccc(Cl)cc3)C(C(=O)OCC)=C2C)cc1. The Morgan fingerprint density at radius 1 is 1.09 bits per heavy atom. The number of ether oxygens (including phenoxy) is 1. The molecule has 34 heavy (non-hydrogen) atoms. The second kappa shape index (κ2) is 11.8. The lowest BCUT2D eigenvalue weighted by atomic mass is 9.83. The van der Waals surface area contributed by atoms with Crippen LogP contribution in [0.25, 0.3) is 0 Å². The molecule has 1 N–H and O–H groups in total. The van der Waals surface area contributed by atoms with Gasteiger partial charge in [-0.1, -0.05) is 49.2 Å². The van der Waals surface area contributed by atoms with Crippen LogP contribution in [0.3, 0.4) is 0 Å². The Morgan fingerprint density at radius 3 is 2.38 bits per heavy atom. The van der Waals surface area contributed by atoms with Gasteiger partial charge in [-0.3, -0.25) is 9.59 Å². The summed E-state index contributed by atoms with van der Waals surface area (Å²) in [6.45, 7) is 6.81. The third-order valence-corrected chi connectivity index (χ3v) is 6.22. The Labute approximate surface area is 205 Å². The maximum Gasteiger partial charge on any atom is 0.336 e. The second-order valence-electron chi connectivity index (χ2n) is 8.31. The molecule has 0 fully saturated rings. The van der Waals surface area contributed by atoms with E-state index < -0.39 is 11.9 Å². The van der Waals surface area contributed by atoms with Crippen LogP contribution in [0.1, 0.15) is 67.4 Å². The molecule has 2 amide bonds. The molecule has 0 saturated heterocycles. The van der Waals surface area contributed by atoms with E-state index in [0.29, 0.717) is 34.9 Å². The summed E-state index contributed by atoms with van der Waals surface area (Å²) in [5.41, 5.74) is 3.35. The number of carbonyl (C=O) groups is 3. The van der Waals surface area contributed by atoms with E-state index in [9.17, 15) is 14.4 Å². The lowest BCUT2D eigenvalue weighted by Crippen LogP contribution is -2.38. The van der Waals surface area contributed by atoms with E-state index >= 15 is 0 Å². The molecular weight excluding hydrogens is 452 g/mol. The van der Waals surface area contributed by atoms with Crippen LogP contribution in [0.15, 0.2) is 59.8 Å². The van der Waals surface area contributed by atoms with Crippen LogP contribution in [0.5, 0.6) is 0 Å². The number of benzene rings is 2. The smallest absolute Gasteiger partial charge is 0.336 e. The van der Waals surface area contributed by atoms with Gasteiger partial charge >= 0.3 is 5.97 Å². The molecule has 0 bridgehead atoms. The zero-order valence-corrected chi connectivity index (χ0v) is 20.7.